The number of aromatic nitrogens is 4. The first kappa shape index (κ1) is 21.6. The van der Waals surface area contributed by atoms with Gasteiger partial charge in [-0.25, -0.2) is 9.78 Å². The van der Waals surface area contributed by atoms with Gasteiger partial charge in [0.25, 0.3) is 11.5 Å². The third kappa shape index (κ3) is 4.81. The molecule has 0 saturated carbocycles. The van der Waals surface area contributed by atoms with Crippen LogP contribution >= 0.6 is 11.8 Å². The first-order chi connectivity index (χ1) is 15.4. The molecule has 0 saturated heterocycles. The second kappa shape index (κ2) is 9.23. The van der Waals surface area contributed by atoms with E-state index >= 15 is 0 Å². The molecule has 4 rings (SSSR count). The third-order valence-corrected chi connectivity index (χ3v) is 6.05. The van der Waals surface area contributed by atoms with E-state index in [1.165, 1.54) is 27.4 Å². The molecule has 2 aromatic heterocycles. The van der Waals surface area contributed by atoms with Crippen molar-refractivity contribution in [2.45, 2.75) is 36.5 Å². The van der Waals surface area contributed by atoms with Gasteiger partial charge in [0.1, 0.15) is 0 Å². The van der Waals surface area contributed by atoms with E-state index in [4.69, 9.17) is 0 Å². The van der Waals surface area contributed by atoms with E-state index in [1.807, 2.05) is 24.3 Å². The van der Waals surface area contributed by atoms with E-state index in [0.717, 1.165) is 4.90 Å². The lowest BCUT2D eigenvalue weighted by molar-refractivity contribution is 0.102. The largest absolute Gasteiger partial charge is 0.322 e. The molecule has 0 unspecified atom stereocenters. The second-order valence-electron chi connectivity index (χ2n) is 7.64. The topological polar surface area (TPSA) is 92.7 Å². The van der Waals surface area contributed by atoms with Gasteiger partial charge >= 0.3 is 0 Å². The van der Waals surface area contributed by atoms with Gasteiger partial charge in [-0.3, -0.25) is 9.59 Å². The fraction of sp³-hybridized carbons (Fsp3) is 0.167. The van der Waals surface area contributed by atoms with Crippen LogP contribution in [0.1, 0.15) is 41.4 Å². The minimum Gasteiger partial charge on any atom is -0.322 e. The zero-order valence-corrected chi connectivity index (χ0v) is 18.8. The van der Waals surface area contributed by atoms with E-state index in [0.29, 0.717) is 28.7 Å². The number of benzene rings is 2. The first-order valence-electron chi connectivity index (χ1n) is 10.2. The Morgan fingerprint density at radius 2 is 1.66 bits per heavy atom. The van der Waals surface area contributed by atoms with Crippen molar-refractivity contribution in [2.24, 2.45) is 0 Å². The summed E-state index contributed by atoms with van der Waals surface area (Å²) in [6.07, 6.45) is 1.49. The fourth-order valence-electron chi connectivity index (χ4n) is 3.18. The molecule has 0 bridgehead atoms. The summed E-state index contributed by atoms with van der Waals surface area (Å²) in [5.41, 5.74) is 2.78. The minimum atomic E-state index is -0.300. The normalized spacial score (nSPS) is 11.0. The molecule has 2 N–H and O–H groups in total. The van der Waals surface area contributed by atoms with Crippen molar-refractivity contribution in [1.82, 2.24) is 20.0 Å². The highest BCUT2D eigenvalue weighted by Gasteiger charge is 2.16. The number of rotatable bonds is 6. The van der Waals surface area contributed by atoms with Gasteiger partial charge < -0.3 is 5.32 Å². The molecule has 0 aliphatic carbocycles. The smallest absolute Gasteiger partial charge is 0.264 e. The lowest BCUT2D eigenvalue weighted by Gasteiger charge is -2.08. The Balaban J connectivity index is 1.43. The Bertz CT molecular complexity index is 1270. The zero-order valence-electron chi connectivity index (χ0n) is 18.0. The molecular formula is C24H23N5O2S. The highest BCUT2D eigenvalue weighted by atomic mass is 32.2. The number of hydrogen-bond acceptors (Lipinski definition) is 5. The lowest BCUT2D eigenvalue weighted by Crippen LogP contribution is -2.14. The van der Waals surface area contributed by atoms with Gasteiger partial charge in [-0.2, -0.15) is 10.2 Å². The van der Waals surface area contributed by atoms with E-state index in [-0.39, 0.29) is 11.5 Å². The van der Waals surface area contributed by atoms with Crippen LogP contribution in [0, 0.1) is 6.92 Å². The number of amides is 1. The summed E-state index contributed by atoms with van der Waals surface area (Å²) in [6, 6.07) is 19.2. The maximum atomic E-state index is 12.7. The van der Waals surface area contributed by atoms with Gasteiger partial charge in [0.2, 0.25) is 0 Å². The van der Waals surface area contributed by atoms with Crippen LogP contribution in [0.15, 0.2) is 81.4 Å². The Hall–Kier alpha value is -3.65. The summed E-state index contributed by atoms with van der Waals surface area (Å²) in [7, 11) is 0. The molecule has 2 heterocycles. The van der Waals surface area contributed by atoms with Crippen molar-refractivity contribution < 1.29 is 4.79 Å². The van der Waals surface area contributed by atoms with Crippen molar-refractivity contribution >= 4 is 23.4 Å². The Labute approximate surface area is 189 Å². The fourth-order valence-corrected chi connectivity index (χ4v) is 4.00. The number of carbonyl (C=O) groups is 1. The zero-order chi connectivity index (χ0) is 22.7. The molecule has 162 valence electrons. The van der Waals surface area contributed by atoms with E-state index < -0.39 is 0 Å². The quantitative estimate of drug-likeness (QED) is 0.445. The number of hydrogen-bond donors (Lipinski definition) is 2. The van der Waals surface area contributed by atoms with Crippen molar-refractivity contribution in [3.05, 3.63) is 94.0 Å². The van der Waals surface area contributed by atoms with Crippen molar-refractivity contribution in [2.75, 3.05) is 5.32 Å². The molecule has 1 amide bonds. The molecule has 0 aliphatic rings. The summed E-state index contributed by atoms with van der Waals surface area (Å²) in [5.74, 6) is 0.687. The van der Waals surface area contributed by atoms with Crippen LogP contribution in [0.25, 0.3) is 5.82 Å². The molecule has 32 heavy (non-hydrogen) atoms. The second-order valence-corrected chi connectivity index (χ2v) is 8.79. The van der Waals surface area contributed by atoms with Crippen LogP contribution in [0.2, 0.25) is 0 Å². The molecule has 7 nitrogen and oxygen atoms in total. The number of carbonyl (C=O) groups excluding carboxylic acids is 1. The molecule has 8 heteroatoms. The van der Waals surface area contributed by atoms with Gasteiger partial charge in [-0.15, -0.1) is 0 Å². The van der Waals surface area contributed by atoms with Gasteiger partial charge in [-0.05, 0) is 60.9 Å². The number of H-pyrrole nitrogens is 1. The molecule has 0 spiro atoms. The van der Waals surface area contributed by atoms with Crippen LogP contribution in [0.4, 0.5) is 5.69 Å². The van der Waals surface area contributed by atoms with Crippen LogP contribution in [-0.2, 0) is 0 Å². The van der Waals surface area contributed by atoms with Crippen molar-refractivity contribution in [1.29, 1.82) is 0 Å². The van der Waals surface area contributed by atoms with Crippen LogP contribution < -0.4 is 10.9 Å². The maximum absolute atomic E-state index is 12.7. The van der Waals surface area contributed by atoms with Crippen LogP contribution in [0.3, 0.4) is 0 Å². The van der Waals surface area contributed by atoms with E-state index in [2.05, 4.69) is 58.7 Å². The van der Waals surface area contributed by atoms with Crippen molar-refractivity contribution in [3.63, 3.8) is 0 Å². The van der Waals surface area contributed by atoms with Crippen molar-refractivity contribution in [3.8, 4) is 5.82 Å². The molecular weight excluding hydrogens is 422 g/mol. The minimum absolute atomic E-state index is 0.261. The molecule has 0 radical (unpaired) electrons. The Morgan fingerprint density at radius 3 is 2.25 bits per heavy atom. The highest BCUT2D eigenvalue weighted by Crippen LogP contribution is 2.30. The SMILES string of the molecule is Cc1c(C(=O)Nc2ccc(Sc3ccc(C(C)C)cc3)cc2)cnn1-c1ccc(=O)[nH]n1. The van der Waals surface area contributed by atoms with Gasteiger partial charge in [0.05, 0.1) is 17.5 Å². The first-order valence-corrected chi connectivity index (χ1v) is 11.0. The van der Waals surface area contributed by atoms with Crippen LogP contribution in [-0.4, -0.2) is 25.9 Å². The summed E-state index contributed by atoms with van der Waals surface area (Å²) >= 11 is 1.68. The number of aromatic amines is 1. The molecule has 0 aliphatic heterocycles. The molecule has 4 aromatic rings. The number of anilines is 1. The summed E-state index contributed by atoms with van der Waals surface area (Å²) in [5, 5.41) is 13.4. The maximum Gasteiger partial charge on any atom is 0.264 e. The predicted molar refractivity (Wildman–Crippen MR) is 126 cm³/mol. The third-order valence-electron chi connectivity index (χ3n) is 5.03. The number of nitrogens with one attached hydrogen (secondary N) is 2. The molecule has 2 aromatic carbocycles. The van der Waals surface area contributed by atoms with Gasteiger partial charge in [0.15, 0.2) is 5.82 Å². The van der Waals surface area contributed by atoms with Gasteiger partial charge in [-0.1, -0.05) is 37.7 Å². The summed E-state index contributed by atoms with van der Waals surface area (Å²) in [6.45, 7) is 6.14. The van der Waals surface area contributed by atoms with Crippen LogP contribution in [0.5, 0.6) is 0 Å². The highest BCUT2D eigenvalue weighted by molar-refractivity contribution is 7.99. The number of nitrogens with zero attached hydrogens (tertiary/aromatic N) is 3. The standard InChI is InChI=1S/C24H23N5O2S/c1-15(2)17-4-8-19(9-5-17)32-20-10-6-18(7-11-20)26-24(31)21-14-25-29(16(21)3)22-12-13-23(30)28-27-22/h4-15H,1-3H3,(H,26,31)(H,28,30). The van der Waals surface area contributed by atoms with Gasteiger partial charge in [0, 0.05) is 21.5 Å². The lowest BCUT2D eigenvalue weighted by atomic mass is 10.0. The Morgan fingerprint density at radius 1 is 1.00 bits per heavy atom. The summed E-state index contributed by atoms with van der Waals surface area (Å²) in [4.78, 5) is 26.2. The Kier molecular flexibility index (Phi) is 6.23. The summed E-state index contributed by atoms with van der Waals surface area (Å²) < 4.78 is 1.51. The van der Waals surface area contributed by atoms with E-state index in [9.17, 15) is 9.59 Å². The predicted octanol–water partition coefficient (Wildman–Crippen LogP) is 4.79. The average molecular weight is 446 g/mol. The average Bonchev–Trinajstić information content (AvgIpc) is 3.17. The molecule has 0 atom stereocenters. The monoisotopic (exact) mass is 445 g/mol. The molecule has 0 fully saturated rings. The van der Waals surface area contributed by atoms with E-state index in [1.54, 1.807) is 24.8 Å².